The Morgan fingerprint density at radius 2 is 1.83 bits per heavy atom. The number of carbonyl (C=O) groups excluding carboxylic acids is 1. The highest BCUT2D eigenvalue weighted by Gasteiger charge is 2.15. The molecule has 0 saturated heterocycles. The number of fused-ring (bicyclic) bond motifs is 1. The lowest BCUT2D eigenvalue weighted by Crippen LogP contribution is -2.32. The molecule has 0 bridgehead atoms. The lowest BCUT2D eigenvalue weighted by molar-refractivity contribution is -0.118. The SMILES string of the molecule is C[C@H](Nc1nc(-c2ccccc2O)nc2ccccc12)C(N)=O. The van der Waals surface area contributed by atoms with Crippen molar-refractivity contribution in [3.63, 3.8) is 0 Å². The van der Waals surface area contributed by atoms with Gasteiger partial charge in [-0.1, -0.05) is 24.3 Å². The van der Waals surface area contributed by atoms with E-state index in [1.807, 2.05) is 24.3 Å². The number of hydrogen-bond acceptors (Lipinski definition) is 5. The average molecular weight is 308 g/mol. The van der Waals surface area contributed by atoms with E-state index in [0.717, 1.165) is 5.39 Å². The lowest BCUT2D eigenvalue weighted by Gasteiger charge is -2.14. The van der Waals surface area contributed by atoms with Crippen molar-refractivity contribution in [2.24, 2.45) is 5.73 Å². The molecule has 0 aliphatic rings. The monoisotopic (exact) mass is 308 g/mol. The number of para-hydroxylation sites is 2. The quantitative estimate of drug-likeness (QED) is 0.686. The Morgan fingerprint density at radius 3 is 2.57 bits per heavy atom. The van der Waals surface area contributed by atoms with Crippen LogP contribution in [-0.4, -0.2) is 27.0 Å². The molecule has 0 radical (unpaired) electrons. The van der Waals surface area contributed by atoms with E-state index in [2.05, 4.69) is 15.3 Å². The van der Waals surface area contributed by atoms with Crippen LogP contribution in [-0.2, 0) is 4.79 Å². The maximum absolute atomic E-state index is 11.3. The summed E-state index contributed by atoms with van der Waals surface area (Å²) in [6, 6.07) is 13.7. The number of benzene rings is 2. The normalized spacial score (nSPS) is 12.0. The summed E-state index contributed by atoms with van der Waals surface area (Å²) in [4.78, 5) is 20.3. The maximum Gasteiger partial charge on any atom is 0.239 e. The Hall–Kier alpha value is -3.15. The minimum absolute atomic E-state index is 0.0941. The van der Waals surface area contributed by atoms with Gasteiger partial charge in [-0.2, -0.15) is 0 Å². The zero-order chi connectivity index (χ0) is 16.4. The molecule has 2 aromatic carbocycles. The van der Waals surface area contributed by atoms with E-state index >= 15 is 0 Å². The highest BCUT2D eigenvalue weighted by atomic mass is 16.3. The molecule has 1 heterocycles. The summed E-state index contributed by atoms with van der Waals surface area (Å²) in [5.41, 5.74) is 6.55. The molecule has 0 saturated carbocycles. The Morgan fingerprint density at radius 1 is 1.13 bits per heavy atom. The molecule has 3 aromatic rings. The molecule has 116 valence electrons. The van der Waals surface area contributed by atoms with Crippen LogP contribution in [0.1, 0.15) is 6.92 Å². The van der Waals surface area contributed by atoms with E-state index < -0.39 is 11.9 Å². The fourth-order valence-corrected chi connectivity index (χ4v) is 2.25. The van der Waals surface area contributed by atoms with Crippen LogP contribution >= 0.6 is 0 Å². The van der Waals surface area contributed by atoms with Gasteiger partial charge in [-0.25, -0.2) is 9.97 Å². The first kappa shape index (κ1) is 14.8. The minimum Gasteiger partial charge on any atom is -0.507 e. The number of nitrogens with one attached hydrogen (secondary N) is 1. The third kappa shape index (κ3) is 2.91. The Bertz CT molecular complexity index is 879. The van der Waals surface area contributed by atoms with E-state index in [1.165, 1.54) is 0 Å². The van der Waals surface area contributed by atoms with Crippen molar-refractivity contribution in [3.8, 4) is 17.1 Å². The standard InChI is InChI=1S/C17H16N4O2/c1-10(15(18)23)19-16-11-6-2-4-8-13(11)20-17(21-16)12-7-3-5-9-14(12)22/h2-10,22H,1H3,(H2,18,23)(H,19,20,21)/t10-/m0/s1. The molecule has 6 heteroatoms. The van der Waals surface area contributed by atoms with Crippen molar-refractivity contribution in [1.29, 1.82) is 0 Å². The first-order chi connectivity index (χ1) is 11.1. The maximum atomic E-state index is 11.3. The summed E-state index contributed by atoms with van der Waals surface area (Å²) in [6.07, 6.45) is 0. The number of carbonyl (C=O) groups is 1. The third-order valence-corrected chi connectivity index (χ3v) is 3.53. The van der Waals surface area contributed by atoms with Crippen molar-refractivity contribution < 1.29 is 9.90 Å². The van der Waals surface area contributed by atoms with Gasteiger partial charge in [-0.3, -0.25) is 4.79 Å². The topological polar surface area (TPSA) is 101 Å². The van der Waals surface area contributed by atoms with Crippen molar-refractivity contribution >= 4 is 22.6 Å². The van der Waals surface area contributed by atoms with E-state index in [0.29, 0.717) is 22.7 Å². The van der Waals surface area contributed by atoms with Gasteiger partial charge in [-0.05, 0) is 31.2 Å². The fraction of sp³-hybridized carbons (Fsp3) is 0.118. The summed E-state index contributed by atoms with van der Waals surface area (Å²) >= 11 is 0. The molecule has 1 amide bonds. The molecule has 0 aliphatic carbocycles. The number of nitrogens with zero attached hydrogens (tertiary/aromatic N) is 2. The highest BCUT2D eigenvalue weighted by Crippen LogP contribution is 2.30. The molecule has 1 aromatic heterocycles. The van der Waals surface area contributed by atoms with E-state index in [9.17, 15) is 9.90 Å². The molecule has 23 heavy (non-hydrogen) atoms. The van der Waals surface area contributed by atoms with Gasteiger partial charge in [0.2, 0.25) is 5.91 Å². The molecule has 6 nitrogen and oxygen atoms in total. The number of hydrogen-bond donors (Lipinski definition) is 3. The molecule has 1 atom stereocenters. The Kier molecular flexibility index (Phi) is 3.80. The smallest absolute Gasteiger partial charge is 0.239 e. The second kappa shape index (κ2) is 5.92. The van der Waals surface area contributed by atoms with Gasteiger partial charge in [0.15, 0.2) is 5.82 Å². The predicted molar refractivity (Wildman–Crippen MR) is 88.9 cm³/mol. The number of aromatic hydroxyl groups is 1. The summed E-state index contributed by atoms with van der Waals surface area (Å²) < 4.78 is 0. The summed E-state index contributed by atoms with van der Waals surface area (Å²) in [5.74, 6) is 0.495. The van der Waals surface area contributed by atoms with Gasteiger partial charge in [0.05, 0.1) is 11.1 Å². The van der Waals surface area contributed by atoms with Gasteiger partial charge in [0.1, 0.15) is 17.6 Å². The number of nitrogens with two attached hydrogens (primary N) is 1. The van der Waals surface area contributed by atoms with E-state index in [1.54, 1.807) is 31.2 Å². The summed E-state index contributed by atoms with van der Waals surface area (Å²) in [5, 5.41) is 13.8. The van der Waals surface area contributed by atoms with Gasteiger partial charge in [0, 0.05) is 5.39 Å². The van der Waals surface area contributed by atoms with Crippen LogP contribution in [0.5, 0.6) is 5.75 Å². The number of aromatic nitrogens is 2. The molecular formula is C17H16N4O2. The van der Waals surface area contributed by atoms with Crippen LogP contribution in [0.25, 0.3) is 22.3 Å². The van der Waals surface area contributed by atoms with Gasteiger partial charge >= 0.3 is 0 Å². The first-order valence-electron chi connectivity index (χ1n) is 7.17. The van der Waals surface area contributed by atoms with Crippen LogP contribution in [0.2, 0.25) is 0 Å². The van der Waals surface area contributed by atoms with Crippen molar-refractivity contribution in [1.82, 2.24) is 9.97 Å². The number of phenolic OH excluding ortho intramolecular Hbond substituents is 1. The number of anilines is 1. The zero-order valence-electron chi connectivity index (χ0n) is 12.5. The fourth-order valence-electron chi connectivity index (χ4n) is 2.25. The molecule has 0 unspecified atom stereocenters. The van der Waals surface area contributed by atoms with Crippen molar-refractivity contribution in [2.45, 2.75) is 13.0 Å². The number of rotatable bonds is 4. The number of phenols is 1. The second-order valence-corrected chi connectivity index (χ2v) is 5.20. The van der Waals surface area contributed by atoms with Crippen LogP contribution in [0.3, 0.4) is 0 Å². The Labute approximate surface area is 133 Å². The first-order valence-corrected chi connectivity index (χ1v) is 7.17. The molecule has 3 rings (SSSR count). The Balaban J connectivity index is 2.18. The second-order valence-electron chi connectivity index (χ2n) is 5.20. The molecule has 0 aliphatic heterocycles. The summed E-state index contributed by atoms with van der Waals surface area (Å²) in [6.45, 7) is 1.67. The zero-order valence-corrected chi connectivity index (χ0v) is 12.5. The lowest BCUT2D eigenvalue weighted by atomic mass is 10.1. The summed E-state index contributed by atoms with van der Waals surface area (Å²) in [7, 11) is 0. The molecular weight excluding hydrogens is 292 g/mol. The van der Waals surface area contributed by atoms with Gasteiger partial charge in [-0.15, -0.1) is 0 Å². The largest absolute Gasteiger partial charge is 0.507 e. The van der Waals surface area contributed by atoms with Crippen LogP contribution in [0, 0.1) is 0 Å². The average Bonchev–Trinajstić information content (AvgIpc) is 2.55. The van der Waals surface area contributed by atoms with Crippen LogP contribution in [0.15, 0.2) is 48.5 Å². The molecule has 0 fully saturated rings. The van der Waals surface area contributed by atoms with Crippen LogP contribution < -0.4 is 11.1 Å². The third-order valence-electron chi connectivity index (χ3n) is 3.53. The van der Waals surface area contributed by atoms with E-state index in [-0.39, 0.29) is 5.75 Å². The number of primary amides is 1. The predicted octanol–water partition coefficient (Wildman–Crippen LogP) is 2.29. The highest BCUT2D eigenvalue weighted by molar-refractivity contribution is 5.93. The van der Waals surface area contributed by atoms with Crippen molar-refractivity contribution in [3.05, 3.63) is 48.5 Å². The van der Waals surface area contributed by atoms with Crippen molar-refractivity contribution in [2.75, 3.05) is 5.32 Å². The number of amides is 1. The van der Waals surface area contributed by atoms with Gasteiger partial charge < -0.3 is 16.2 Å². The minimum atomic E-state index is -0.578. The molecule has 4 N–H and O–H groups in total. The molecule has 0 spiro atoms. The van der Waals surface area contributed by atoms with Crippen LogP contribution in [0.4, 0.5) is 5.82 Å². The van der Waals surface area contributed by atoms with E-state index in [4.69, 9.17) is 5.73 Å². The van der Waals surface area contributed by atoms with Gasteiger partial charge in [0.25, 0.3) is 0 Å².